The Hall–Kier alpha value is -2.59. The number of piperidine rings is 1. The first-order valence-electron chi connectivity index (χ1n) is 9.73. The van der Waals surface area contributed by atoms with Crippen LogP contribution in [-0.4, -0.2) is 48.7 Å². The number of hydrogen-bond acceptors (Lipinski definition) is 5. The Morgan fingerprint density at radius 2 is 1.96 bits per heavy atom. The van der Waals surface area contributed by atoms with Crippen LogP contribution in [0.2, 0.25) is 0 Å². The summed E-state index contributed by atoms with van der Waals surface area (Å²) in [5, 5.41) is 14.8. The van der Waals surface area contributed by atoms with E-state index in [0.717, 1.165) is 24.9 Å². The molecule has 1 heterocycles. The van der Waals surface area contributed by atoms with Crippen molar-refractivity contribution in [1.82, 2.24) is 15.5 Å². The highest BCUT2D eigenvalue weighted by molar-refractivity contribution is 5.79. The lowest BCUT2D eigenvalue weighted by Gasteiger charge is -2.32. The summed E-state index contributed by atoms with van der Waals surface area (Å²) in [4.78, 5) is 26.3. The van der Waals surface area contributed by atoms with E-state index >= 15 is 0 Å². The summed E-state index contributed by atoms with van der Waals surface area (Å²) in [5.41, 5.74) is 1.14. The first-order valence-corrected chi connectivity index (χ1v) is 9.73. The molecule has 2 rings (SSSR count). The Balaban J connectivity index is 1.75. The maximum Gasteiger partial charge on any atom is 0.407 e. The predicted molar refractivity (Wildman–Crippen MR) is 106 cm³/mol. The van der Waals surface area contributed by atoms with Gasteiger partial charge in [-0.2, -0.15) is 5.26 Å². The molecule has 1 unspecified atom stereocenters. The molecule has 0 radical (unpaired) electrons. The summed E-state index contributed by atoms with van der Waals surface area (Å²) < 4.78 is 5.16. The molecular formula is C21H30N4O3. The number of carbonyl (C=O) groups excluding carboxylic acids is 2. The molecule has 152 valence electrons. The molecule has 0 aliphatic carbocycles. The van der Waals surface area contributed by atoms with E-state index in [1.54, 1.807) is 20.8 Å². The number of likely N-dealkylation sites (tertiary alicyclic amines) is 1. The van der Waals surface area contributed by atoms with Gasteiger partial charge in [-0.1, -0.05) is 18.2 Å². The highest BCUT2D eigenvalue weighted by Gasteiger charge is 2.26. The molecule has 28 heavy (non-hydrogen) atoms. The molecule has 2 N–H and O–H groups in total. The number of benzene rings is 1. The Morgan fingerprint density at radius 3 is 2.68 bits per heavy atom. The van der Waals surface area contributed by atoms with Crippen LogP contribution >= 0.6 is 0 Å². The van der Waals surface area contributed by atoms with Crippen molar-refractivity contribution in [1.29, 1.82) is 5.26 Å². The van der Waals surface area contributed by atoms with E-state index in [4.69, 9.17) is 4.74 Å². The molecule has 1 aromatic rings. The van der Waals surface area contributed by atoms with Gasteiger partial charge >= 0.3 is 6.09 Å². The maximum absolute atomic E-state index is 12.5. The van der Waals surface area contributed by atoms with Crippen molar-refractivity contribution in [2.75, 3.05) is 26.2 Å². The Bertz CT molecular complexity index is 721. The number of nitriles is 1. The van der Waals surface area contributed by atoms with Crippen molar-refractivity contribution >= 4 is 12.0 Å². The summed E-state index contributed by atoms with van der Waals surface area (Å²) in [6, 6.07) is 9.80. The summed E-state index contributed by atoms with van der Waals surface area (Å²) in [7, 11) is 0. The van der Waals surface area contributed by atoms with Gasteiger partial charge in [0.15, 0.2) is 0 Å². The van der Waals surface area contributed by atoms with Crippen molar-refractivity contribution in [3.8, 4) is 6.07 Å². The molecule has 1 aromatic carbocycles. The van der Waals surface area contributed by atoms with E-state index in [9.17, 15) is 14.9 Å². The van der Waals surface area contributed by atoms with Gasteiger partial charge in [0.1, 0.15) is 5.60 Å². The number of hydrogen-bond donors (Lipinski definition) is 2. The number of carbonyl (C=O) groups is 2. The van der Waals surface area contributed by atoms with Crippen molar-refractivity contribution in [3.05, 3.63) is 35.4 Å². The number of nitrogens with one attached hydrogen (secondary N) is 2. The summed E-state index contributed by atoms with van der Waals surface area (Å²) >= 11 is 0. The Labute approximate surface area is 167 Å². The smallest absolute Gasteiger partial charge is 0.407 e. The van der Waals surface area contributed by atoms with E-state index < -0.39 is 11.7 Å². The zero-order valence-electron chi connectivity index (χ0n) is 17.0. The fraction of sp³-hybridized carbons (Fsp3) is 0.571. The lowest BCUT2D eigenvalue weighted by molar-refractivity contribution is -0.126. The van der Waals surface area contributed by atoms with Gasteiger partial charge in [-0.15, -0.1) is 0 Å². The quantitative estimate of drug-likeness (QED) is 0.732. The zero-order valence-corrected chi connectivity index (χ0v) is 17.0. The number of nitrogens with zero attached hydrogens (tertiary/aromatic N) is 2. The second kappa shape index (κ2) is 10.1. The molecule has 2 amide bonds. The molecule has 0 saturated carbocycles. The fourth-order valence-corrected chi connectivity index (χ4v) is 3.23. The summed E-state index contributed by atoms with van der Waals surface area (Å²) in [5.74, 6) is -0.0752. The van der Waals surface area contributed by atoms with Crippen LogP contribution in [0.4, 0.5) is 4.79 Å². The van der Waals surface area contributed by atoms with E-state index in [1.807, 2.05) is 24.3 Å². The Kier molecular flexibility index (Phi) is 7.82. The van der Waals surface area contributed by atoms with Crippen molar-refractivity contribution in [2.45, 2.75) is 45.8 Å². The highest BCUT2D eigenvalue weighted by Crippen LogP contribution is 2.20. The molecule has 1 atom stereocenters. The van der Waals surface area contributed by atoms with Crippen LogP contribution in [0.25, 0.3) is 0 Å². The van der Waals surface area contributed by atoms with Crippen molar-refractivity contribution < 1.29 is 14.3 Å². The number of ether oxygens (including phenoxy) is 1. The zero-order chi connectivity index (χ0) is 20.6. The molecule has 1 aliphatic rings. The van der Waals surface area contributed by atoms with Gasteiger partial charge in [0, 0.05) is 26.2 Å². The van der Waals surface area contributed by atoms with Gasteiger partial charge < -0.3 is 15.4 Å². The van der Waals surface area contributed by atoms with Gasteiger partial charge in [-0.05, 0) is 51.8 Å². The molecule has 0 spiro atoms. The van der Waals surface area contributed by atoms with Gasteiger partial charge in [0.25, 0.3) is 0 Å². The molecule has 1 saturated heterocycles. The molecule has 0 bridgehead atoms. The molecular weight excluding hydrogens is 356 g/mol. The normalized spacial score (nSPS) is 17.4. The van der Waals surface area contributed by atoms with Crippen molar-refractivity contribution in [3.63, 3.8) is 0 Å². The van der Waals surface area contributed by atoms with E-state index in [2.05, 4.69) is 21.6 Å². The lowest BCUT2D eigenvalue weighted by atomic mass is 9.96. The fourth-order valence-electron chi connectivity index (χ4n) is 3.23. The topological polar surface area (TPSA) is 94.5 Å². The third kappa shape index (κ3) is 7.20. The highest BCUT2D eigenvalue weighted by atomic mass is 16.6. The summed E-state index contributed by atoms with van der Waals surface area (Å²) in [6.07, 6.45) is 1.31. The van der Waals surface area contributed by atoms with Crippen LogP contribution in [-0.2, 0) is 16.1 Å². The second-order valence-corrected chi connectivity index (χ2v) is 8.06. The average molecular weight is 386 g/mol. The van der Waals surface area contributed by atoms with Gasteiger partial charge in [-0.25, -0.2) is 4.79 Å². The van der Waals surface area contributed by atoms with Crippen LogP contribution in [0.5, 0.6) is 0 Å². The maximum atomic E-state index is 12.5. The van der Waals surface area contributed by atoms with Crippen LogP contribution in [0, 0.1) is 17.2 Å². The van der Waals surface area contributed by atoms with Crippen LogP contribution in [0.3, 0.4) is 0 Å². The number of amides is 2. The summed E-state index contributed by atoms with van der Waals surface area (Å²) in [6.45, 7) is 8.37. The molecule has 1 aliphatic heterocycles. The largest absolute Gasteiger partial charge is 0.444 e. The molecule has 7 nitrogen and oxygen atoms in total. The first kappa shape index (κ1) is 21.7. The van der Waals surface area contributed by atoms with Crippen LogP contribution in [0.1, 0.15) is 44.7 Å². The predicted octanol–water partition coefficient (Wildman–Crippen LogP) is 2.41. The SMILES string of the molecule is CC(C)(C)OC(=O)NCCNC(=O)C1CCCN(Cc2ccccc2C#N)C1. The monoisotopic (exact) mass is 386 g/mol. The molecule has 0 aromatic heterocycles. The standard InChI is InChI=1S/C21H30N4O3/c1-21(2,3)28-20(27)24-11-10-23-19(26)18-9-6-12-25(15-18)14-17-8-5-4-7-16(17)13-22/h4-5,7-8,18H,6,9-12,14-15H2,1-3H3,(H,23,26)(H,24,27). The first-order chi connectivity index (χ1) is 13.3. The van der Waals surface area contributed by atoms with Gasteiger partial charge in [-0.3, -0.25) is 9.69 Å². The lowest BCUT2D eigenvalue weighted by Crippen LogP contribution is -2.44. The second-order valence-electron chi connectivity index (χ2n) is 8.06. The third-order valence-electron chi connectivity index (χ3n) is 4.50. The van der Waals surface area contributed by atoms with E-state index in [1.165, 1.54) is 0 Å². The minimum Gasteiger partial charge on any atom is -0.444 e. The van der Waals surface area contributed by atoms with Crippen LogP contribution < -0.4 is 10.6 Å². The number of alkyl carbamates (subject to hydrolysis) is 1. The number of rotatable bonds is 6. The van der Waals surface area contributed by atoms with E-state index in [0.29, 0.717) is 31.7 Å². The Morgan fingerprint density at radius 1 is 1.25 bits per heavy atom. The minimum atomic E-state index is -0.539. The third-order valence-corrected chi connectivity index (χ3v) is 4.50. The van der Waals surface area contributed by atoms with Gasteiger partial charge in [0.05, 0.1) is 17.6 Å². The molecule has 7 heteroatoms. The van der Waals surface area contributed by atoms with E-state index in [-0.39, 0.29) is 11.8 Å². The van der Waals surface area contributed by atoms with Gasteiger partial charge in [0.2, 0.25) is 5.91 Å². The van der Waals surface area contributed by atoms with Crippen LogP contribution in [0.15, 0.2) is 24.3 Å². The molecule has 1 fully saturated rings. The minimum absolute atomic E-state index is 0.00394. The average Bonchev–Trinajstić information content (AvgIpc) is 2.64. The van der Waals surface area contributed by atoms with Crippen molar-refractivity contribution in [2.24, 2.45) is 5.92 Å².